The van der Waals surface area contributed by atoms with E-state index in [1.165, 1.54) is 30.4 Å². The summed E-state index contributed by atoms with van der Waals surface area (Å²) in [6.45, 7) is 2.13. The fraction of sp³-hybridized carbons (Fsp3) is 0.333. The van der Waals surface area contributed by atoms with Crippen LogP contribution in [0.2, 0.25) is 5.02 Å². The molecule has 0 bridgehead atoms. The van der Waals surface area contributed by atoms with Crippen LogP contribution in [0, 0.1) is 0 Å². The number of aryl methyl sites for hydroxylation is 1. The van der Waals surface area contributed by atoms with Crippen LogP contribution in [0.15, 0.2) is 54.6 Å². The molecule has 0 aliphatic carbocycles. The Morgan fingerprint density at radius 1 is 0.700 bits per heavy atom. The van der Waals surface area contributed by atoms with E-state index in [2.05, 4.69) is 47.8 Å². The van der Waals surface area contributed by atoms with Crippen LogP contribution in [0.25, 0.3) is 0 Å². The minimum atomic E-state index is 0.808. The standard InChI is InChI=1S/C18H22ClN/c19-18-11-9-17(10-12-18)13-15-20-14-5-4-8-16-6-2-1-3-7-16/h1-3,6-7,9-12,20H,4-5,8,13-15H2. The third-order valence-corrected chi connectivity index (χ3v) is 3.67. The molecular weight excluding hydrogens is 266 g/mol. The number of rotatable bonds is 8. The Labute approximate surface area is 127 Å². The van der Waals surface area contributed by atoms with Crippen molar-refractivity contribution in [3.05, 3.63) is 70.7 Å². The highest BCUT2D eigenvalue weighted by atomic mass is 35.5. The van der Waals surface area contributed by atoms with Gasteiger partial charge >= 0.3 is 0 Å². The summed E-state index contributed by atoms with van der Waals surface area (Å²) < 4.78 is 0. The normalized spacial score (nSPS) is 10.7. The van der Waals surface area contributed by atoms with Crippen molar-refractivity contribution in [2.75, 3.05) is 13.1 Å². The molecule has 0 heterocycles. The fourth-order valence-corrected chi connectivity index (χ4v) is 2.36. The predicted molar refractivity (Wildman–Crippen MR) is 87.4 cm³/mol. The zero-order valence-electron chi connectivity index (χ0n) is 11.8. The molecule has 0 unspecified atom stereocenters. The van der Waals surface area contributed by atoms with Crippen LogP contribution < -0.4 is 5.32 Å². The van der Waals surface area contributed by atoms with Crippen LogP contribution in [0.5, 0.6) is 0 Å². The Morgan fingerprint density at radius 3 is 2.15 bits per heavy atom. The quantitative estimate of drug-likeness (QED) is 0.705. The largest absolute Gasteiger partial charge is 0.316 e. The Kier molecular flexibility index (Phi) is 6.62. The Bertz CT molecular complexity index is 479. The van der Waals surface area contributed by atoms with Gasteiger partial charge in [0.15, 0.2) is 0 Å². The minimum absolute atomic E-state index is 0.808. The summed E-state index contributed by atoms with van der Waals surface area (Å²) in [6.07, 6.45) is 4.73. The summed E-state index contributed by atoms with van der Waals surface area (Å²) >= 11 is 5.87. The molecule has 2 heteroatoms. The second kappa shape index (κ2) is 8.78. The van der Waals surface area contributed by atoms with Crippen molar-refractivity contribution in [1.29, 1.82) is 0 Å². The molecule has 2 aromatic rings. The molecule has 1 nitrogen and oxygen atoms in total. The number of unbranched alkanes of at least 4 members (excludes halogenated alkanes) is 1. The van der Waals surface area contributed by atoms with Crippen molar-refractivity contribution in [2.45, 2.75) is 25.7 Å². The molecule has 20 heavy (non-hydrogen) atoms. The molecule has 0 fully saturated rings. The topological polar surface area (TPSA) is 12.0 Å². The van der Waals surface area contributed by atoms with Crippen LogP contribution in [0.1, 0.15) is 24.0 Å². The summed E-state index contributed by atoms with van der Waals surface area (Å²) in [7, 11) is 0. The fourth-order valence-electron chi connectivity index (χ4n) is 2.23. The molecule has 0 amide bonds. The molecule has 106 valence electrons. The lowest BCUT2D eigenvalue weighted by atomic mass is 10.1. The van der Waals surface area contributed by atoms with Crippen LogP contribution in [-0.2, 0) is 12.8 Å². The number of hydrogen-bond donors (Lipinski definition) is 1. The molecule has 0 spiro atoms. The van der Waals surface area contributed by atoms with E-state index in [9.17, 15) is 0 Å². The van der Waals surface area contributed by atoms with E-state index in [-0.39, 0.29) is 0 Å². The van der Waals surface area contributed by atoms with Crippen molar-refractivity contribution in [1.82, 2.24) is 5.32 Å². The monoisotopic (exact) mass is 287 g/mol. The lowest BCUT2D eigenvalue weighted by Gasteiger charge is -2.05. The zero-order chi connectivity index (χ0) is 14.0. The molecule has 0 saturated heterocycles. The van der Waals surface area contributed by atoms with Gasteiger partial charge in [-0.2, -0.15) is 0 Å². The maximum absolute atomic E-state index is 5.87. The Morgan fingerprint density at radius 2 is 1.40 bits per heavy atom. The van der Waals surface area contributed by atoms with Gasteiger partial charge in [-0.1, -0.05) is 54.1 Å². The summed E-state index contributed by atoms with van der Waals surface area (Å²) in [5.74, 6) is 0. The molecule has 1 N–H and O–H groups in total. The number of halogens is 1. The first-order valence-corrected chi connectivity index (χ1v) is 7.71. The van der Waals surface area contributed by atoms with Crippen LogP contribution in [0.3, 0.4) is 0 Å². The van der Waals surface area contributed by atoms with Crippen molar-refractivity contribution in [3.8, 4) is 0 Å². The van der Waals surface area contributed by atoms with Crippen LogP contribution >= 0.6 is 11.6 Å². The van der Waals surface area contributed by atoms with E-state index >= 15 is 0 Å². The summed E-state index contributed by atoms with van der Waals surface area (Å²) in [6, 6.07) is 18.8. The highest BCUT2D eigenvalue weighted by Crippen LogP contribution is 2.09. The summed E-state index contributed by atoms with van der Waals surface area (Å²) in [4.78, 5) is 0. The molecule has 0 aliphatic rings. The Hall–Kier alpha value is -1.31. The predicted octanol–water partition coefficient (Wildman–Crippen LogP) is 4.50. The maximum atomic E-state index is 5.87. The van der Waals surface area contributed by atoms with Gasteiger partial charge in [0, 0.05) is 5.02 Å². The molecule has 0 radical (unpaired) electrons. The van der Waals surface area contributed by atoms with Gasteiger partial charge in [-0.15, -0.1) is 0 Å². The van der Waals surface area contributed by atoms with Gasteiger partial charge in [0.1, 0.15) is 0 Å². The molecule has 0 aliphatic heterocycles. The van der Waals surface area contributed by atoms with Crippen molar-refractivity contribution < 1.29 is 0 Å². The summed E-state index contributed by atoms with van der Waals surface area (Å²) in [5, 5.41) is 4.31. The van der Waals surface area contributed by atoms with Gasteiger partial charge in [0.05, 0.1) is 0 Å². The van der Waals surface area contributed by atoms with Gasteiger partial charge in [-0.3, -0.25) is 0 Å². The first-order valence-electron chi connectivity index (χ1n) is 7.34. The third kappa shape index (κ3) is 5.77. The first-order chi connectivity index (χ1) is 9.84. The highest BCUT2D eigenvalue weighted by molar-refractivity contribution is 6.30. The van der Waals surface area contributed by atoms with Gasteiger partial charge in [0.25, 0.3) is 0 Å². The Balaban J connectivity index is 1.51. The second-order valence-corrected chi connectivity index (χ2v) is 5.51. The summed E-state index contributed by atoms with van der Waals surface area (Å²) in [5.41, 5.74) is 2.78. The number of hydrogen-bond acceptors (Lipinski definition) is 1. The molecule has 0 atom stereocenters. The molecule has 2 rings (SSSR count). The van der Waals surface area contributed by atoms with Gasteiger partial charge < -0.3 is 5.32 Å². The van der Waals surface area contributed by atoms with Crippen molar-refractivity contribution in [2.24, 2.45) is 0 Å². The molecule has 0 aromatic heterocycles. The zero-order valence-corrected chi connectivity index (χ0v) is 12.6. The van der Waals surface area contributed by atoms with Crippen molar-refractivity contribution in [3.63, 3.8) is 0 Å². The van der Waals surface area contributed by atoms with E-state index in [1.54, 1.807) is 0 Å². The maximum Gasteiger partial charge on any atom is 0.0406 e. The minimum Gasteiger partial charge on any atom is -0.316 e. The van der Waals surface area contributed by atoms with E-state index < -0.39 is 0 Å². The third-order valence-electron chi connectivity index (χ3n) is 3.42. The van der Waals surface area contributed by atoms with E-state index in [1.807, 2.05) is 12.1 Å². The highest BCUT2D eigenvalue weighted by Gasteiger charge is 1.95. The second-order valence-electron chi connectivity index (χ2n) is 5.07. The molecule has 2 aromatic carbocycles. The van der Waals surface area contributed by atoms with Crippen LogP contribution in [0.4, 0.5) is 0 Å². The SMILES string of the molecule is Clc1ccc(CCNCCCCc2ccccc2)cc1. The molecule has 0 saturated carbocycles. The van der Waals surface area contributed by atoms with E-state index in [0.29, 0.717) is 0 Å². The average Bonchev–Trinajstić information content (AvgIpc) is 2.49. The first kappa shape index (κ1) is 15.1. The smallest absolute Gasteiger partial charge is 0.0406 e. The number of nitrogens with one attached hydrogen (secondary N) is 1. The van der Waals surface area contributed by atoms with Gasteiger partial charge in [0.2, 0.25) is 0 Å². The van der Waals surface area contributed by atoms with Gasteiger partial charge in [-0.25, -0.2) is 0 Å². The van der Waals surface area contributed by atoms with Crippen molar-refractivity contribution >= 4 is 11.6 Å². The lowest BCUT2D eigenvalue weighted by Crippen LogP contribution is -2.18. The van der Waals surface area contributed by atoms with E-state index in [0.717, 1.165) is 24.5 Å². The average molecular weight is 288 g/mol. The van der Waals surface area contributed by atoms with Gasteiger partial charge in [-0.05, 0) is 62.0 Å². The van der Waals surface area contributed by atoms with Crippen LogP contribution in [-0.4, -0.2) is 13.1 Å². The number of benzene rings is 2. The van der Waals surface area contributed by atoms with E-state index in [4.69, 9.17) is 11.6 Å². The molecular formula is C18H22ClN. The lowest BCUT2D eigenvalue weighted by molar-refractivity contribution is 0.622.